The highest BCUT2D eigenvalue weighted by molar-refractivity contribution is 5.87. The molecule has 0 amide bonds. The van der Waals surface area contributed by atoms with E-state index in [9.17, 15) is 4.79 Å². The average Bonchev–Trinajstić information content (AvgIpc) is 3.24. The molecule has 2 aromatic heterocycles. The van der Waals surface area contributed by atoms with Crippen LogP contribution in [0.4, 0.5) is 5.82 Å². The molecule has 1 aromatic carbocycles. The number of carboxylic acids is 1. The molecular weight excluding hydrogens is 344 g/mol. The maximum Gasteiger partial charge on any atom is 0.335 e. The monoisotopic (exact) mass is 366 g/mol. The van der Waals surface area contributed by atoms with Gasteiger partial charge in [0.2, 0.25) is 0 Å². The van der Waals surface area contributed by atoms with E-state index in [4.69, 9.17) is 9.63 Å². The van der Waals surface area contributed by atoms with Crippen molar-refractivity contribution in [3.05, 3.63) is 60.0 Å². The van der Waals surface area contributed by atoms with Crippen molar-refractivity contribution in [1.29, 1.82) is 0 Å². The number of anilines is 1. The Morgan fingerprint density at radius 1 is 1.11 bits per heavy atom. The van der Waals surface area contributed by atoms with Gasteiger partial charge >= 0.3 is 5.97 Å². The summed E-state index contributed by atoms with van der Waals surface area (Å²) in [6, 6.07) is 10.8. The number of nitrogens with zero attached hydrogens (tertiary/aromatic N) is 4. The van der Waals surface area contributed by atoms with E-state index in [1.165, 1.54) is 25.6 Å². The second kappa shape index (κ2) is 8.93. The molecule has 0 saturated carbocycles. The summed E-state index contributed by atoms with van der Waals surface area (Å²) in [5, 5.41) is 12.1. The highest BCUT2D eigenvalue weighted by atomic mass is 16.5. The minimum atomic E-state index is -0.872. The van der Waals surface area contributed by atoms with Gasteiger partial charge in [0, 0.05) is 19.3 Å². The predicted octanol–water partition coefficient (Wildman–Crippen LogP) is 3.82. The number of carbonyl (C=O) groups is 1. The van der Waals surface area contributed by atoms with Crippen LogP contribution in [0.2, 0.25) is 0 Å². The van der Waals surface area contributed by atoms with Gasteiger partial charge in [0.15, 0.2) is 6.33 Å². The van der Waals surface area contributed by atoms with Crippen molar-refractivity contribution in [3.63, 3.8) is 0 Å². The molecule has 0 bridgehead atoms. The number of piperidine rings is 1. The Bertz CT molecular complexity index is 857. The van der Waals surface area contributed by atoms with E-state index in [1.807, 2.05) is 25.1 Å². The first-order valence-corrected chi connectivity index (χ1v) is 8.91. The predicted molar refractivity (Wildman–Crippen MR) is 102 cm³/mol. The molecule has 0 spiro atoms. The molecule has 0 radical (unpaired) electrons. The second-order valence-corrected chi connectivity index (χ2v) is 6.37. The number of aryl methyl sites for hydroxylation is 1. The molecule has 1 fully saturated rings. The van der Waals surface area contributed by atoms with Crippen molar-refractivity contribution in [2.45, 2.75) is 26.2 Å². The van der Waals surface area contributed by atoms with E-state index in [-0.39, 0.29) is 0 Å². The Morgan fingerprint density at radius 3 is 2.48 bits per heavy atom. The smallest absolute Gasteiger partial charge is 0.335 e. The molecule has 27 heavy (non-hydrogen) atoms. The topological polar surface area (TPSA) is 92.3 Å². The second-order valence-electron chi connectivity index (χ2n) is 6.37. The van der Waals surface area contributed by atoms with Gasteiger partial charge in [-0.25, -0.2) is 9.78 Å². The number of aromatic nitrogens is 3. The van der Waals surface area contributed by atoms with Gasteiger partial charge in [-0.1, -0.05) is 22.9 Å². The van der Waals surface area contributed by atoms with Gasteiger partial charge in [-0.2, -0.15) is 4.98 Å². The number of pyridine rings is 1. The lowest BCUT2D eigenvalue weighted by atomic mass is 10.1. The van der Waals surface area contributed by atoms with Crippen molar-refractivity contribution in [1.82, 2.24) is 15.1 Å². The van der Waals surface area contributed by atoms with Crippen LogP contribution in [0, 0.1) is 6.92 Å². The third kappa shape index (κ3) is 5.13. The first-order valence-electron chi connectivity index (χ1n) is 8.91. The fourth-order valence-corrected chi connectivity index (χ4v) is 2.90. The number of rotatable bonds is 3. The number of hydrogen-bond acceptors (Lipinski definition) is 6. The zero-order chi connectivity index (χ0) is 19.1. The molecule has 1 saturated heterocycles. The van der Waals surface area contributed by atoms with Gasteiger partial charge in [0.05, 0.1) is 11.1 Å². The zero-order valence-corrected chi connectivity index (χ0v) is 15.2. The van der Waals surface area contributed by atoms with Gasteiger partial charge < -0.3 is 14.5 Å². The molecule has 1 aliphatic heterocycles. The highest BCUT2D eigenvalue weighted by Gasteiger charge is 2.12. The third-order valence-corrected chi connectivity index (χ3v) is 4.30. The van der Waals surface area contributed by atoms with Gasteiger partial charge in [-0.3, -0.25) is 0 Å². The van der Waals surface area contributed by atoms with Crippen LogP contribution in [-0.2, 0) is 0 Å². The molecule has 0 aliphatic carbocycles. The van der Waals surface area contributed by atoms with Crippen LogP contribution in [0.25, 0.3) is 11.5 Å². The number of aromatic carboxylic acids is 1. The van der Waals surface area contributed by atoms with Gasteiger partial charge in [0.1, 0.15) is 5.82 Å². The molecule has 0 unspecified atom stereocenters. The molecule has 7 nitrogen and oxygen atoms in total. The van der Waals surface area contributed by atoms with Crippen molar-refractivity contribution in [3.8, 4) is 11.5 Å². The lowest BCUT2D eigenvalue weighted by Crippen LogP contribution is -2.29. The summed E-state index contributed by atoms with van der Waals surface area (Å²) in [7, 11) is 0. The standard InChI is InChI=1S/C12H14N4O.C8H8O2/c1-2-6-16(7-3-1)11-5-4-10(8-13-11)12-14-9-15-17-12;1-6-3-2-4-7(5-6)8(9)10/h4-5,8-9H,1-3,6-7H2;2-5H,1H3,(H,9,10). The summed E-state index contributed by atoms with van der Waals surface area (Å²) in [4.78, 5) is 21.1. The van der Waals surface area contributed by atoms with Crippen LogP contribution in [0.1, 0.15) is 35.2 Å². The normalized spacial score (nSPS) is 13.6. The number of carboxylic acid groups (broad SMARTS) is 1. The Hall–Kier alpha value is -3.22. The van der Waals surface area contributed by atoms with Crippen LogP contribution in [0.5, 0.6) is 0 Å². The van der Waals surface area contributed by atoms with Gasteiger partial charge in [-0.15, -0.1) is 0 Å². The quantitative estimate of drug-likeness (QED) is 0.753. The fourth-order valence-electron chi connectivity index (χ4n) is 2.90. The Morgan fingerprint density at radius 2 is 1.93 bits per heavy atom. The van der Waals surface area contributed by atoms with Crippen molar-refractivity contribution < 1.29 is 14.4 Å². The number of benzene rings is 1. The van der Waals surface area contributed by atoms with E-state index in [2.05, 4.69) is 20.0 Å². The van der Waals surface area contributed by atoms with E-state index < -0.39 is 5.97 Å². The molecule has 4 rings (SSSR count). The molecule has 1 aliphatic rings. The fraction of sp³-hybridized carbons (Fsp3) is 0.300. The largest absolute Gasteiger partial charge is 0.478 e. The van der Waals surface area contributed by atoms with Crippen molar-refractivity contribution in [2.24, 2.45) is 0 Å². The average molecular weight is 366 g/mol. The van der Waals surface area contributed by atoms with Crippen LogP contribution >= 0.6 is 0 Å². The van der Waals surface area contributed by atoms with Crippen molar-refractivity contribution in [2.75, 3.05) is 18.0 Å². The summed E-state index contributed by atoms with van der Waals surface area (Å²) in [5.41, 5.74) is 2.18. The maximum atomic E-state index is 10.4. The summed E-state index contributed by atoms with van der Waals surface area (Å²) in [6.45, 7) is 4.08. The summed E-state index contributed by atoms with van der Waals surface area (Å²) in [5.74, 6) is 0.680. The Balaban J connectivity index is 0.000000180. The molecule has 3 aromatic rings. The first kappa shape index (κ1) is 18.6. The Labute approximate surface area is 157 Å². The summed E-state index contributed by atoms with van der Waals surface area (Å²) < 4.78 is 4.99. The molecule has 0 atom stereocenters. The molecule has 1 N–H and O–H groups in total. The highest BCUT2D eigenvalue weighted by Crippen LogP contribution is 2.21. The van der Waals surface area contributed by atoms with E-state index >= 15 is 0 Å². The minimum Gasteiger partial charge on any atom is -0.478 e. The van der Waals surface area contributed by atoms with E-state index in [1.54, 1.807) is 24.4 Å². The van der Waals surface area contributed by atoms with Crippen LogP contribution < -0.4 is 4.90 Å². The zero-order valence-electron chi connectivity index (χ0n) is 15.2. The van der Waals surface area contributed by atoms with Gasteiger partial charge in [0.25, 0.3) is 5.89 Å². The number of hydrogen-bond donors (Lipinski definition) is 1. The van der Waals surface area contributed by atoms with Gasteiger partial charge in [-0.05, 0) is 50.5 Å². The van der Waals surface area contributed by atoms with E-state index in [0.29, 0.717) is 11.5 Å². The lowest BCUT2D eigenvalue weighted by molar-refractivity contribution is 0.0697. The maximum absolute atomic E-state index is 10.4. The van der Waals surface area contributed by atoms with Crippen molar-refractivity contribution >= 4 is 11.8 Å². The van der Waals surface area contributed by atoms with Crippen LogP contribution in [0.15, 0.2) is 53.4 Å². The van der Waals surface area contributed by atoms with Crippen LogP contribution in [-0.4, -0.2) is 39.3 Å². The summed E-state index contributed by atoms with van der Waals surface area (Å²) >= 11 is 0. The molecule has 7 heteroatoms. The van der Waals surface area contributed by atoms with E-state index in [0.717, 1.165) is 30.0 Å². The lowest BCUT2D eigenvalue weighted by Gasteiger charge is -2.27. The minimum absolute atomic E-state index is 0.347. The molecular formula is C20H22N4O3. The summed E-state index contributed by atoms with van der Waals surface area (Å²) in [6.07, 6.45) is 7.03. The first-order chi connectivity index (χ1) is 13.1. The molecule has 140 valence electrons. The van der Waals surface area contributed by atoms with Crippen LogP contribution in [0.3, 0.4) is 0 Å². The Kier molecular flexibility index (Phi) is 6.14. The third-order valence-electron chi connectivity index (χ3n) is 4.30. The SMILES string of the molecule is Cc1cccc(C(=O)O)c1.c1noc(-c2ccc(N3CCCCC3)nc2)n1. The molecule has 3 heterocycles.